The summed E-state index contributed by atoms with van der Waals surface area (Å²) in [5, 5.41) is 3.08. The zero-order valence-electron chi connectivity index (χ0n) is 25.9. The van der Waals surface area contributed by atoms with Gasteiger partial charge in [0.05, 0.1) is 38.5 Å². The first-order chi connectivity index (χ1) is 21.7. The Bertz CT molecular complexity index is 1590. The number of likely N-dealkylation sites (tertiary alicyclic amines) is 1. The van der Waals surface area contributed by atoms with Gasteiger partial charge < -0.3 is 34.1 Å². The number of carbonyl (C=O) groups is 3. The van der Waals surface area contributed by atoms with Crippen LogP contribution >= 0.6 is 0 Å². The zero-order valence-corrected chi connectivity index (χ0v) is 25.9. The Labute approximate surface area is 263 Å². The zero-order chi connectivity index (χ0) is 31.5. The van der Waals surface area contributed by atoms with E-state index in [0.717, 1.165) is 23.3 Å². The molecule has 0 aliphatic carbocycles. The van der Waals surface area contributed by atoms with Crippen molar-refractivity contribution in [2.24, 2.45) is 5.92 Å². The Balaban J connectivity index is 1.25. The molecule has 1 fully saturated rings. The van der Waals surface area contributed by atoms with Crippen LogP contribution in [0.1, 0.15) is 52.1 Å². The van der Waals surface area contributed by atoms with Crippen molar-refractivity contribution in [3.8, 4) is 23.0 Å². The van der Waals surface area contributed by atoms with Crippen molar-refractivity contribution in [1.82, 2.24) is 15.1 Å². The molecule has 0 unspecified atom stereocenters. The van der Waals surface area contributed by atoms with Crippen LogP contribution in [-0.2, 0) is 22.6 Å². The van der Waals surface area contributed by atoms with Crippen molar-refractivity contribution in [2.75, 3.05) is 39.9 Å². The Kier molecular flexibility index (Phi) is 8.93. The lowest BCUT2D eigenvalue weighted by Crippen LogP contribution is -2.57. The number of ether oxygens (including phenoxy) is 4. The van der Waals surface area contributed by atoms with Gasteiger partial charge in [-0.1, -0.05) is 26.0 Å². The highest BCUT2D eigenvalue weighted by Gasteiger charge is 2.34. The third-order valence-electron chi connectivity index (χ3n) is 8.17. The highest BCUT2D eigenvalue weighted by molar-refractivity contribution is 5.97. The number of hydrogen-bond donors (Lipinski definition) is 1. The van der Waals surface area contributed by atoms with E-state index in [9.17, 15) is 14.4 Å². The lowest BCUT2D eigenvalue weighted by atomic mass is 9.99. The van der Waals surface area contributed by atoms with Gasteiger partial charge >= 0.3 is 0 Å². The molecule has 45 heavy (non-hydrogen) atoms. The minimum Gasteiger partial charge on any atom is -0.493 e. The molecule has 3 aromatic rings. The molecule has 236 valence electrons. The van der Waals surface area contributed by atoms with Gasteiger partial charge in [0.2, 0.25) is 5.91 Å². The summed E-state index contributed by atoms with van der Waals surface area (Å²) in [5.74, 6) is 1.95. The number of rotatable bonds is 4. The summed E-state index contributed by atoms with van der Waals surface area (Å²) in [7, 11) is 1.59. The predicted octanol–water partition coefficient (Wildman–Crippen LogP) is 4.45. The summed E-state index contributed by atoms with van der Waals surface area (Å²) in [6, 6.07) is 17.8. The average Bonchev–Trinajstić information content (AvgIpc) is 3.50. The largest absolute Gasteiger partial charge is 0.493 e. The summed E-state index contributed by atoms with van der Waals surface area (Å²) in [4.78, 5) is 43.4. The molecule has 0 saturated carbocycles. The van der Waals surface area contributed by atoms with Crippen molar-refractivity contribution < 1.29 is 33.3 Å². The van der Waals surface area contributed by atoms with Crippen LogP contribution in [0.15, 0.2) is 60.7 Å². The lowest BCUT2D eigenvalue weighted by Gasteiger charge is -2.39. The number of fused-ring (bicyclic) bond motifs is 6. The molecule has 1 saturated heterocycles. The fourth-order valence-corrected chi connectivity index (χ4v) is 5.84. The van der Waals surface area contributed by atoms with Crippen LogP contribution in [0.3, 0.4) is 0 Å². The van der Waals surface area contributed by atoms with E-state index >= 15 is 0 Å². The minimum absolute atomic E-state index is 0.0798. The Morgan fingerprint density at radius 1 is 1.07 bits per heavy atom. The van der Waals surface area contributed by atoms with Gasteiger partial charge in [0.1, 0.15) is 23.0 Å². The van der Waals surface area contributed by atoms with Crippen LogP contribution in [0, 0.1) is 5.92 Å². The molecule has 0 aromatic heterocycles. The molecule has 3 aromatic carbocycles. The van der Waals surface area contributed by atoms with Crippen LogP contribution in [0.4, 0.5) is 0 Å². The Morgan fingerprint density at radius 3 is 2.78 bits per heavy atom. The van der Waals surface area contributed by atoms with Gasteiger partial charge in [0.25, 0.3) is 11.8 Å². The van der Waals surface area contributed by atoms with E-state index in [2.05, 4.69) is 5.32 Å². The van der Waals surface area contributed by atoms with Crippen molar-refractivity contribution >= 4 is 17.7 Å². The summed E-state index contributed by atoms with van der Waals surface area (Å²) in [6.45, 7) is 6.09. The van der Waals surface area contributed by atoms with Crippen LogP contribution in [0.5, 0.6) is 23.0 Å². The van der Waals surface area contributed by atoms with Crippen LogP contribution in [-0.4, -0.2) is 79.6 Å². The molecule has 3 heterocycles. The van der Waals surface area contributed by atoms with Crippen molar-refractivity contribution in [3.05, 3.63) is 82.9 Å². The quantitative estimate of drug-likeness (QED) is 0.464. The maximum absolute atomic E-state index is 13.5. The topological polar surface area (TPSA) is 107 Å². The monoisotopic (exact) mass is 613 g/mol. The van der Waals surface area contributed by atoms with Crippen LogP contribution in [0.2, 0.25) is 0 Å². The molecule has 1 N–H and O–H groups in total. The first-order valence-electron chi connectivity index (χ1n) is 15.5. The Hall–Kier alpha value is -4.57. The average molecular weight is 614 g/mol. The second-order valence-corrected chi connectivity index (χ2v) is 12.3. The minimum atomic E-state index is -0.462. The third-order valence-corrected chi connectivity index (χ3v) is 8.17. The number of piperidine rings is 1. The number of likely N-dealkylation sites (N-methyl/N-ethyl adjacent to an activating group) is 1. The number of hydrogen-bond acceptors (Lipinski definition) is 7. The maximum atomic E-state index is 13.5. The second-order valence-electron chi connectivity index (χ2n) is 12.3. The molecule has 2 atom stereocenters. The van der Waals surface area contributed by atoms with Crippen LogP contribution < -0.4 is 19.5 Å². The lowest BCUT2D eigenvalue weighted by molar-refractivity contribution is -0.124. The van der Waals surface area contributed by atoms with E-state index in [1.54, 1.807) is 36.2 Å². The Morgan fingerprint density at radius 2 is 1.93 bits per heavy atom. The molecule has 4 bridgehead atoms. The van der Waals surface area contributed by atoms with Gasteiger partial charge in [0, 0.05) is 43.8 Å². The van der Waals surface area contributed by atoms with Crippen LogP contribution in [0.25, 0.3) is 0 Å². The molecular weight excluding hydrogens is 574 g/mol. The molecule has 3 aliphatic heterocycles. The second kappa shape index (κ2) is 13.2. The SMILES string of the molecule is CC(C)COc1cc2cc(c1)C(=O)N(C)CC(=O)N[C@H]1CCN(C(=O)c3ccc4c(c3)CCO4)C[C@@H]1OCc1cccc(c1)O2. The van der Waals surface area contributed by atoms with Gasteiger partial charge in [-0.15, -0.1) is 0 Å². The normalized spacial score (nSPS) is 20.1. The van der Waals surface area contributed by atoms with E-state index < -0.39 is 6.10 Å². The maximum Gasteiger partial charge on any atom is 0.254 e. The number of amides is 3. The molecule has 3 amide bonds. The molecular formula is C35H39N3O7. The fraction of sp³-hybridized carbons (Fsp3) is 0.400. The summed E-state index contributed by atoms with van der Waals surface area (Å²) in [6.07, 6.45) is 0.833. The predicted molar refractivity (Wildman–Crippen MR) is 167 cm³/mol. The summed E-state index contributed by atoms with van der Waals surface area (Å²) in [5.41, 5.74) is 2.88. The standard InChI is InChI=1S/C35H39N3O7/c1-22(2)20-43-28-15-26-16-29(17-28)45-27-6-4-5-23(13-27)21-44-32-18-38(11-9-30(32)36-33(39)19-37(3)34(26)40)35(41)25-7-8-31-24(14-25)10-12-42-31/h4-8,13-17,22,30,32H,9-12,18-21H2,1-3H3,(H,36,39)/t30-,32-/m0/s1. The van der Waals surface area contributed by atoms with Gasteiger partial charge in [0.15, 0.2) is 0 Å². The van der Waals surface area contributed by atoms with Gasteiger partial charge in [-0.05, 0) is 65.9 Å². The van der Waals surface area contributed by atoms with E-state index in [1.165, 1.54) is 4.90 Å². The number of benzene rings is 3. The number of nitrogens with one attached hydrogen (secondary N) is 1. The molecule has 0 spiro atoms. The number of nitrogens with zero attached hydrogens (tertiary/aromatic N) is 2. The van der Waals surface area contributed by atoms with Crippen molar-refractivity contribution in [1.29, 1.82) is 0 Å². The van der Waals surface area contributed by atoms with Crippen molar-refractivity contribution in [2.45, 2.75) is 45.4 Å². The first-order valence-corrected chi connectivity index (χ1v) is 15.5. The first kappa shape index (κ1) is 30.5. The molecule has 10 heteroatoms. The number of carbonyl (C=O) groups excluding carboxylic acids is 3. The summed E-state index contributed by atoms with van der Waals surface area (Å²) >= 11 is 0. The fourth-order valence-electron chi connectivity index (χ4n) is 5.84. The van der Waals surface area contributed by atoms with Gasteiger partial charge in [-0.2, -0.15) is 0 Å². The van der Waals surface area contributed by atoms with E-state index in [-0.39, 0.29) is 36.9 Å². The third kappa shape index (κ3) is 7.23. The molecule has 3 aliphatic rings. The molecule has 10 nitrogen and oxygen atoms in total. The van der Waals surface area contributed by atoms with Crippen molar-refractivity contribution in [3.63, 3.8) is 0 Å². The highest BCUT2D eigenvalue weighted by Crippen LogP contribution is 2.30. The van der Waals surface area contributed by atoms with E-state index in [4.69, 9.17) is 18.9 Å². The van der Waals surface area contributed by atoms with E-state index in [0.29, 0.717) is 67.0 Å². The smallest absolute Gasteiger partial charge is 0.254 e. The molecule has 0 radical (unpaired) electrons. The summed E-state index contributed by atoms with van der Waals surface area (Å²) < 4.78 is 24.1. The van der Waals surface area contributed by atoms with Gasteiger partial charge in [-0.25, -0.2) is 0 Å². The van der Waals surface area contributed by atoms with E-state index in [1.807, 2.05) is 50.2 Å². The van der Waals surface area contributed by atoms with Gasteiger partial charge in [-0.3, -0.25) is 14.4 Å². The molecule has 6 rings (SSSR count). The highest BCUT2D eigenvalue weighted by atomic mass is 16.5.